The first kappa shape index (κ1) is 21.4. The van der Waals surface area contributed by atoms with Crippen molar-refractivity contribution < 1.29 is 8.42 Å². The molecule has 0 aliphatic rings. The maximum Gasteiger partial charge on any atom is 0.261 e. The predicted octanol–water partition coefficient (Wildman–Crippen LogP) is 5.91. The van der Waals surface area contributed by atoms with Gasteiger partial charge < -0.3 is 10.6 Å². The van der Waals surface area contributed by atoms with Crippen LogP contribution in [0.15, 0.2) is 71.6 Å². The Bertz CT molecular complexity index is 1130. The zero-order valence-corrected chi connectivity index (χ0v) is 18.4. The van der Waals surface area contributed by atoms with Crippen LogP contribution in [0, 0.1) is 6.92 Å². The summed E-state index contributed by atoms with van der Waals surface area (Å²) < 4.78 is 27.6. The van der Waals surface area contributed by atoms with Gasteiger partial charge in [-0.25, -0.2) is 8.42 Å². The summed E-state index contributed by atoms with van der Waals surface area (Å²) in [6, 6.07) is 18.5. The van der Waals surface area contributed by atoms with Crippen LogP contribution in [0.5, 0.6) is 0 Å². The third-order valence-electron chi connectivity index (χ3n) is 3.90. The molecule has 0 aliphatic carbocycles. The van der Waals surface area contributed by atoms with Gasteiger partial charge in [0.1, 0.15) is 0 Å². The summed E-state index contributed by atoms with van der Waals surface area (Å²) in [4.78, 5) is 0.103. The van der Waals surface area contributed by atoms with E-state index < -0.39 is 10.0 Å². The van der Waals surface area contributed by atoms with E-state index >= 15 is 0 Å². The van der Waals surface area contributed by atoms with Gasteiger partial charge in [0.05, 0.1) is 20.6 Å². The Kier molecular flexibility index (Phi) is 6.64. The molecule has 3 rings (SSSR count). The SMILES string of the molecule is Cc1ccc(NC(=S)Nc2ccc(S(=O)(=O)Nc3ccc(Cl)c(Cl)c3)cc2)cc1. The highest BCUT2D eigenvalue weighted by molar-refractivity contribution is 7.92. The number of nitrogens with one attached hydrogen (secondary N) is 3. The van der Waals surface area contributed by atoms with E-state index in [-0.39, 0.29) is 9.92 Å². The smallest absolute Gasteiger partial charge is 0.261 e. The highest BCUT2D eigenvalue weighted by Crippen LogP contribution is 2.26. The van der Waals surface area contributed by atoms with E-state index in [0.717, 1.165) is 11.3 Å². The summed E-state index contributed by atoms with van der Waals surface area (Å²) >= 11 is 17.1. The zero-order chi connectivity index (χ0) is 21.0. The van der Waals surface area contributed by atoms with Crippen LogP contribution in [-0.4, -0.2) is 13.5 Å². The lowest BCUT2D eigenvalue weighted by atomic mass is 10.2. The van der Waals surface area contributed by atoms with Crippen LogP contribution in [-0.2, 0) is 10.0 Å². The van der Waals surface area contributed by atoms with Crippen LogP contribution >= 0.6 is 35.4 Å². The molecule has 0 fully saturated rings. The number of anilines is 3. The number of sulfonamides is 1. The number of aryl methyl sites for hydroxylation is 1. The van der Waals surface area contributed by atoms with Crippen molar-refractivity contribution in [2.75, 3.05) is 15.4 Å². The fraction of sp³-hybridized carbons (Fsp3) is 0.0500. The molecule has 0 saturated carbocycles. The molecule has 3 aromatic rings. The molecule has 0 amide bonds. The topological polar surface area (TPSA) is 70.2 Å². The largest absolute Gasteiger partial charge is 0.332 e. The maximum atomic E-state index is 12.6. The molecule has 0 heterocycles. The molecule has 3 aromatic carbocycles. The van der Waals surface area contributed by atoms with Crippen molar-refractivity contribution >= 4 is 67.6 Å². The van der Waals surface area contributed by atoms with Gasteiger partial charge in [-0.3, -0.25) is 4.72 Å². The van der Waals surface area contributed by atoms with Gasteiger partial charge in [-0.1, -0.05) is 40.9 Å². The molecule has 0 atom stereocenters. The second-order valence-corrected chi connectivity index (χ2v) is 9.11. The average molecular weight is 466 g/mol. The minimum atomic E-state index is -3.77. The van der Waals surface area contributed by atoms with E-state index in [4.69, 9.17) is 35.4 Å². The number of halogens is 2. The second-order valence-electron chi connectivity index (χ2n) is 6.20. The van der Waals surface area contributed by atoms with Crippen LogP contribution in [0.1, 0.15) is 5.56 Å². The van der Waals surface area contributed by atoms with Gasteiger partial charge in [0.15, 0.2) is 5.11 Å². The van der Waals surface area contributed by atoms with Gasteiger partial charge in [-0.15, -0.1) is 0 Å². The standard InChI is InChI=1S/C20H17Cl2N3O2S2/c1-13-2-4-14(5-3-13)23-20(28)24-15-6-9-17(10-7-15)29(26,27)25-16-8-11-18(21)19(22)12-16/h2-12,25H,1H3,(H2,23,24,28). The second kappa shape index (κ2) is 9.00. The molecule has 0 unspecified atom stereocenters. The van der Waals surface area contributed by atoms with Crippen molar-refractivity contribution in [2.24, 2.45) is 0 Å². The van der Waals surface area contributed by atoms with Crippen molar-refractivity contribution in [3.63, 3.8) is 0 Å². The molecule has 0 aromatic heterocycles. The molecule has 0 spiro atoms. The molecular formula is C20H17Cl2N3O2S2. The lowest BCUT2D eigenvalue weighted by Gasteiger charge is -2.12. The molecular weight excluding hydrogens is 449 g/mol. The van der Waals surface area contributed by atoms with Gasteiger partial charge in [0.2, 0.25) is 0 Å². The maximum absolute atomic E-state index is 12.6. The van der Waals surface area contributed by atoms with Crippen molar-refractivity contribution in [2.45, 2.75) is 11.8 Å². The number of benzene rings is 3. The van der Waals surface area contributed by atoms with E-state index in [1.165, 1.54) is 30.3 Å². The fourth-order valence-corrected chi connectivity index (χ4v) is 4.00. The Morgan fingerprint density at radius 3 is 1.86 bits per heavy atom. The van der Waals surface area contributed by atoms with Gasteiger partial charge in [-0.2, -0.15) is 0 Å². The minimum absolute atomic E-state index is 0.103. The number of hydrogen-bond acceptors (Lipinski definition) is 3. The minimum Gasteiger partial charge on any atom is -0.332 e. The highest BCUT2D eigenvalue weighted by atomic mass is 35.5. The summed E-state index contributed by atoms with van der Waals surface area (Å²) in [5.41, 5.74) is 2.99. The Labute approximate surface area is 185 Å². The van der Waals surface area contributed by atoms with Gasteiger partial charge >= 0.3 is 0 Å². The number of hydrogen-bond donors (Lipinski definition) is 3. The van der Waals surface area contributed by atoms with E-state index in [0.29, 0.717) is 21.5 Å². The highest BCUT2D eigenvalue weighted by Gasteiger charge is 2.15. The first-order valence-corrected chi connectivity index (χ1v) is 11.1. The fourth-order valence-electron chi connectivity index (χ4n) is 2.42. The van der Waals surface area contributed by atoms with Crippen molar-refractivity contribution in [1.82, 2.24) is 0 Å². The van der Waals surface area contributed by atoms with Crippen LogP contribution in [0.25, 0.3) is 0 Å². The summed E-state index contributed by atoms with van der Waals surface area (Å²) in [6.07, 6.45) is 0. The summed E-state index contributed by atoms with van der Waals surface area (Å²) in [7, 11) is -3.77. The van der Waals surface area contributed by atoms with Crippen molar-refractivity contribution in [3.8, 4) is 0 Å². The van der Waals surface area contributed by atoms with Gasteiger partial charge in [0.25, 0.3) is 10.0 Å². The van der Waals surface area contributed by atoms with Crippen LogP contribution in [0.4, 0.5) is 17.1 Å². The molecule has 150 valence electrons. The predicted molar refractivity (Wildman–Crippen MR) is 125 cm³/mol. The molecule has 0 radical (unpaired) electrons. The quantitative estimate of drug-likeness (QED) is 0.408. The van der Waals surface area contributed by atoms with Crippen molar-refractivity contribution in [1.29, 1.82) is 0 Å². The molecule has 29 heavy (non-hydrogen) atoms. The number of thiocarbonyl (C=S) groups is 1. The van der Waals surface area contributed by atoms with Crippen LogP contribution < -0.4 is 15.4 Å². The Hall–Kier alpha value is -2.32. The number of rotatable bonds is 5. The third kappa shape index (κ3) is 5.83. The Morgan fingerprint density at radius 2 is 1.31 bits per heavy atom. The first-order chi connectivity index (χ1) is 13.7. The monoisotopic (exact) mass is 465 g/mol. The normalized spacial score (nSPS) is 11.0. The van der Waals surface area contributed by atoms with E-state index in [1.807, 2.05) is 31.2 Å². The van der Waals surface area contributed by atoms with Crippen LogP contribution in [0.2, 0.25) is 10.0 Å². The van der Waals surface area contributed by atoms with Crippen LogP contribution in [0.3, 0.4) is 0 Å². The summed E-state index contributed by atoms with van der Waals surface area (Å²) in [5, 5.41) is 7.11. The summed E-state index contributed by atoms with van der Waals surface area (Å²) in [5.74, 6) is 0. The van der Waals surface area contributed by atoms with E-state index in [2.05, 4.69) is 15.4 Å². The molecule has 5 nitrogen and oxygen atoms in total. The average Bonchev–Trinajstić information content (AvgIpc) is 2.67. The molecule has 3 N–H and O–H groups in total. The van der Waals surface area contributed by atoms with E-state index in [1.54, 1.807) is 12.1 Å². The Balaban J connectivity index is 1.66. The molecule has 0 aliphatic heterocycles. The molecule has 9 heteroatoms. The summed E-state index contributed by atoms with van der Waals surface area (Å²) in [6.45, 7) is 2.01. The molecule has 0 saturated heterocycles. The third-order valence-corrected chi connectivity index (χ3v) is 6.24. The van der Waals surface area contributed by atoms with E-state index in [9.17, 15) is 8.42 Å². The van der Waals surface area contributed by atoms with Crippen molar-refractivity contribution in [3.05, 3.63) is 82.3 Å². The Morgan fingerprint density at radius 1 is 0.793 bits per heavy atom. The lowest BCUT2D eigenvalue weighted by Crippen LogP contribution is -2.19. The molecule has 0 bridgehead atoms. The van der Waals surface area contributed by atoms with Gasteiger partial charge in [0, 0.05) is 11.4 Å². The lowest BCUT2D eigenvalue weighted by molar-refractivity contribution is 0.601. The van der Waals surface area contributed by atoms with Gasteiger partial charge in [-0.05, 0) is 73.7 Å². The first-order valence-electron chi connectivity index (χ1n) is 8.45. The zero-order valence-electron chi connectivity index (χ0n) is 15.2.